The van der Waals surface area contributed by atoms with E-state index in [1.54, 1.807) is 49.6 Å². The summed E-state index contributed by atoms with van der Waals surface area (Å²) < 4.78 is 11.4. The highest BCUT2D eigenvalue weighted by Gasteiger charge is 2.12. The highest BCUT2D eigenvalue weighted by atomic mass is 35.5. The van der Waals surface area contributed by atoms with Crippen molar-refractivity contribution in [2.45, 2.75) is 20.5 Å². The van der Waals surface area contributed by atoms with Gasteiger partial charge in [-0.1, -0.05) is 53.1 Å². The Bertz CT molecular complexity index is 1190. The van der Waals surface area contributed by atoms with Crippen LogP contribution in [0.25, 0.3) is 6.08 Å². The monoisotopic (exact) mass is 446 g/mol. The fourth-order valence-electron chi connectivity index (χ4n) is 3.29. The number of carbonyl (C=O) groups excluding carboxylic acids is 1. The van der Waals surface area contributed by atoms with Crippen LogP contribution in [0.3, 0.4) is 0 Å². The van der Waals surface area contributed by atoms with Gasteiger partial charge >= 0.3 is 0 Å². The molecule has 0 aliphatic heterocycles. The van der Waals surface area contributed by atoms with Gasteiger partial charge in [-0.25, -0.2) is 0 Å². The van der Waals surface area contributed by atoms with Crippen LogP contribution in [-0.4, -0.2) is 13.0 Å². The van der Waals surface area contributed by atoms with Gasteiger partial charge < -0.3 is 14.8 Å². The lowest BCUT2D eigenvalue weighted by molar-refractivity contribution is -0.112. The Labute approximate surface area is 192 Å². The molecule has 0 saturated heterocycles. The van der Waals surface area contributed by atoms with Crippen molar-refractivity contribution < 1.29 is 14.3 Å². The molecule has 0 spiro atoms. The van der Waals surface area contributed by atoms with E-state index in [1.165, 1.54) is 17.2 Å². The van der Waals surface area contributed by atoms with Crippen LogP contribution in [0.5, 0.6) is 11.5 Å². The molecule has 0 aromatic heterocycles. The van der Waals surface area contributed by atoms with E-state index in [2.05, 4.69) is 23.5 Å². The quantitative estimate of drug-likeness (QED) is 0.352. The molecule has 3 aromatic carbocycles. The highest BCUT2D eigenvalue weighted by Crippen LogP contribution is 2.30. The van der Waals surface area contributed by atoms with Crippen LogP contribution in [0.1, 0.15) is 22.3 Å². The summed E-state index contributed by atoms with van der Waals surface area (Å²) in [5.74, 6) is 0.560. The van der Waals surface area contributed by atoms with Crippen LogP contribution in [0.2, 0.25) is 5.02 Å². The molecule has 0 atom stereocenters. The number of hydrogen-bond donors (Lipinski definition) is 1. The lowest BCUT2D eigenvalue weighted by Gasteiger charge is -2.12. The van der Waals surface area contributed by atoms with E-state index in [0.29, 0.717) is 34.4 Å². The van der Waals surface area contributed by atoms with Crippen molar-refractivity contribution in [1.29, 1.82) is 5.26 Å². The summed E-state index contributed by atoms with van der Waals surface area (Å²) in [5, 5.41) is 12.6. The number of hydrogen-bond acceptors (Lipinski definition) is 4. The molecular weight excluding hydrogens is 424 g/mol. The number of benzene rings is 3. The largest absolute Gasteiger partial charge is 0.493 e. The van der Waals surface area contributed by atoms with Crippen molar-refractivity contribution in [1.82, 2.24) is 0 Å². The summed E-state index contributed by atoms with van der Waals surface area (Å²) in [6, 6.07) is 20.2. The van der Waals surface area contributed by atoms with Crippen LogP contribution in [0, 0.1) is 25.2 Å². The number of halogens is 1. The van der Waals surface area contributed by atoms with Gasteiger partial charge in [0, 0.05) is 10.7 Å². The summed E-state index contributed by atoms with van der Waals surface area (Å²) in [7, 11) is 1.55. The van der Waals surface area contributed by atoms with E-state index in [0.717, 1.165) is 5.56 Å². The van der Waals surface area contributed by atoms with Crippen molar-refractivity contribution in [3.63, 3.8) is 0 Å². The second kappa shape index (κ2) is 10.5. The lowest BCUT2D eigenvalue weighted by atomic mass is 10.1. The first-order valence-electron chi connectivity index (χ1n) is 9.94. The van der Waals surface area contributed by atoms with Crippen LogP contribution in [-0.2, 0) is 11.4 Å². The molecule has 6 heteroatoms. The average molecular weight is 447 g/mol. The molecule has 32 heavy (non-hydrogen) atoms. The Hall–Kier alpha value is -3.75. The Morgan fingerprint density at radius 3 is 2.47 bits per heavy atom. The minimum absolute atomic E-state index is 0.0454. The number of nitrogens with one attached hydrogen (secondary N) is 1. The van der Waals surface area contributed by atoms with Gasteiger partial charge in [-0.15, -0.1) is 0 Å². The van der Waals surface area contributed by atoms with Crippen molar-refractivity contribution in [3.8, 4) is 17.6 Å². The van der Waals surface area contributed by atoms with Crippen molar-refractivity contribution in [3.05, 3.63) is 93.5 Å². The molecule has 1 N–H and O–H groups in total. The fourth-order valence-corrected chi connectivity index (χ4v) is 3.48. The van der Waals surface area contributed by atoms with E-state index in [9.17, 15) is 10.1 Å². The average Bonchev–Trinajstić information content (AvgIpc) is 2.75. The van der Waals surface area contributed by atoms with Gasteiger partial charge in [-0.05, 0) is 61.4 Å². The maximum atomic E-state index is 12.5. The fraction of sp³-hybridized carbons (Fsp3) is 0.154. The number of anilines is 1. The highest BCUT2D eigenvalue weighted by molar-refractivity contribution is 6.31. The molecule has 0 radical (unpaired) electrons. The van der Waals surface area contributed by atoms with Gasteiger partial charge in [0.15, 0.2) is 11.5 Å². The van der Waals surface area contributed by atoms with Gasteiger partial charge in [0.1, 0.15) is 18.2 Å². The number of rotatable bonds is 7. The first-order chi connectivity index (χ1) is 15.4. The first kappa shape index (κ1) is 22.9. The molecule has 0 heterocycles. The molecule has 0 bridgehead atoms. The molecule has 0 aliphatic rings. The van der Waals surface area contributed by atoms with Crippen LogP contribution < -0.4 is 14.8 Å². The molecule has 3 aromatic rings. The molecule has 5 nitrogen and oxygen atoms in total. The zero-order chi connectivity index (χ0) is 23.1. The number of methoxy groups -OCH3 is 1. The summed E-state index contributed by atoms with van der Waals surface area (Å²) in [6.07, 6.45) is 1.50. The normalized spacial score (nSPS) is 10.9. The number of amides is 1. The molecule has 0 saturated carbocycles. The maximum Gasteiger partial charge on any atom is 0.266 e. The molecular formula is C26H23ClN2O3. The second-order valence-corrected chi connectivity index (χ2v) is 7.77. The summed E-state index contributed by atoms with van der Waals surface area (Å²) in [5.41, 5.74) is 4.52. The Morgan fingerprint density at radius 1 is 1.06 bits per heavy atom. The molecule has 0 unspecified atom stereocenters. The van der Waals surface area contributed by atoms with E-state index in [1.807, 2.05) is 19.9 Å². The smallest absolute Gasteiger partial charge is 0.266 e. The van der Waals surface area contributed by atoms with E-state index in [-0.39, 0.29) is 5.57 Å². The van der Waals surface area contributed by atoms with Gasteiger partial charge in [-0.3, -0.25) is 4.79 Å². The standard InChI is InChI=1S/C26H23ClN2O3/c1-17-9-18(2)11-20(10-17)16-32-24-8-7-19(13-25(24)31-3)12-21(15-28)26(30)29-23-6-4-5-22(27)14-23/h4-14H,16H2,1-3H3,(H,29,30)/b21-12+. The molecule has 162 valence electrons. The third kappa shape index (κ3) is 6.13. The molecule has 1 amide bonds. The van der Waals surface area contributed by atoms with Gasteiger partial charge in [0.25, 0.3) is 5.91 Å². The number of nitrogens with zero attached hydrogens (tertiary/aromatic N) is 1. The van der Waals surface area contributed by atoms with E-state index < -0.39 is 5.91 Å². The van der Waals surface area contributed by atoms with Gasteiger partial charge in [0.05, 0.1) is 7.11 Å². The van der Waals surface area contributed by atoms with Crippen molar-refractivity contribution in [2.24, 2.45) is 0 Å². The molecule has 3 rings (SSSR count). The van der Waals surface area contributed by atoms with Gasteiger partial charge in [0.2, 0.25) is 0 Å². The van der Waals surface area contributed by atoms with Crippen LogP contribution in [0.15, 0.2) is 66.2 Å². The minimum Gasteiger partial charge on any atom is -0.493 e. The Kier molecular flexibility index (Phi) is 7.54. The number of ether oxygens (including phenoxy) is 2. The third-order valence-corrected chi connectivity index (χ3v) is 4.86. The molecule has 0 fully saturated rings. The number of aryl methyl sites for hydroxylation is 2. The second-order valence-electron chi connectivity index (χ2n) is 7.33. The van der Waals surface area contributed by atoms with Crippen LogP contribution in [0.4, 0.5) is 5.69 Å². The summed E-state index contributed by atoms with van der Waals surface area (Å²) >= 11 is 5.94. The number of nitriles is 1. The molecule has 0 aliphatic carbocycles. The zero-order valence-corrected chi connectivity index (χ0v) is 18.9. The van der Waals surface area contributed by atoms with Crippen molar-refractivity contribution in [2.75, 3.05) is 12.4 Å². The zero-order valence-electron chi connectivity index (χ0n) is 18.1. The summed E-state index contributed by atoms with van der Waals surface area (Å²) in [4.78, 5) is 12.5. The Balaban J connectivity index is 1.76. The van der Waals surface area contributed by atoms with Crippen molar-refractivity contribution >= 4 is 29.3 Å². The topological polar surface area (TPSA) is 71.3 Å². The maximum absolute atomic E-state index is 12.5. The lowest BCUT2D eigenvalue weighted by Crippen LogP contribution is -2.13. The van der Waals surface area contributed by atoms with Gasteiger partial charge in [-0.2, -0.15) is 5.26 Å². The Morgan fingerprint density at radius 2 is 1.81 bits per heavy atom. The third-order valence-electron chi connectivity index (χ3n) is 4.62. The number of carbonyl (C=O) groups is 1. The van der Waals surface area contributed by atoms with Crippen LogP contribution >= 0.6 is 11.6 Å². The predicted molar refractivity (Wildman–Crippen MR) is 127 cm³/mol. The van der Waals surface area contributed by atoms with E-state index >= 15 is 0 Å². The SMILES string of the molecule is COc1cc(/C=C(\C#N)C(=O)Nc2cccc(Cl)c2)ccc1OCc1cc(C)cc(C)c1. The first-order valence-corrected chi connectivity index (χ1v) is 10.3. The minimum atomic E-state index is -0.524. The summed E-state index contributed by atoms with van der Waals surface area (Å²) in [6.45, 7) is 4.50. The van der Waals surface area contributed by atoms with E-state index in [4.69, 9.17) is 21.1 Å². The predicted octanol–water partition coefficient (Wildman–Crippen LogP) is 6.09.